The topological polar surface area (TPSA) is 67.6 Å². The number of hydrogen-bond acceptors (Lipinski definition) is 4. The van der Waals surface area contributed by atoms with E-state index in [1.165, 1.54) is 0 Å². The summed E-state index contributed by atoms with van der Waals surface area (Å²) in [6, 6.07) is 5.30. The Hall–Kier alpha value is -1.27. The molecule has 1 aromatic rings. The van der Waals surface area contributed by atoms with E-state index in [-0.39, 0.29) is 11.9 Å². The van der Waals surface area contributed by atoms with Gasteiger partial charge in [-0.3, -0.25) is 4.79 Å². The van der Waals surface area contributed by atoms with Crippen molar-refractivity contribution >= 4 is 33.2 Å². The SMILES string of the molecule is COCCNC(=O)C(C)N(C)c1ccc(Br)cc1N. The van der Waals surface area contributed by atoms with Crippen molar-refractivity contribution in [2.45, 2.75) is 13.0 Å². The van der Waals surface area contributed by atoms with E-state index in [9.17, 15) is 4.79 Å². The number of halogens is 1. The second kappa shape index (κ2) is 7.35. The first-order chi connectivity index (χ1) is 8.97. The normalized spacial score (nSPS) is 12.0. The summed E-state index contributed by atoms with van der Waals surface area (Å²) in [6.07, 6.45) is 0. The van der Waals surface area contributed by atoms with Crippen molar-refractivity contribution in [1.29, 1.82) is 0 Å². The molecule has 0 aliphatic rings. The molecule has 3 N–H and O–H groups in total. The molecule has 1 rings (SSSR count). The van der Waals surface area contributed by atoms with Gasteiger partial charge in [-0.25, -0.2) is 0 Å². The summed E-state index contributed by atoms with van der Waals surface area (Å²) in [5, 5.41) is 2.81. The van der Waals surface area contributed by atoms with Crippen LogP contribution in [0.2, 0.25) is 0 Å². The number of nitrogens with two attached hydrogens (primary N) is 1. The number of anilines is 2. The molecule has 0 aliphatic heterocycles. The summed E-state index contributed by atoms with van der Waals surface area (Å²) in [6.45, 7) is 2.84. The summed E-state index contributed by atoms with van der Waals surface area (Å²) in [5.41, 5.74) is 7.42. The minimum Gasteiger partial charge on any atom is -0.397 e. The second-order valence-corrected chi connectivity index (χ2v) is 5.19. The van der Waals surface area contributed by atoms with Crippen molar-refractivity contribution in [2.24, 2.45) is 0 Å². The number of nitrogens with one attached hydrogen (secondary N) is 1. The van der Waals surface area contributed by atoms with E-state index in [1.807, 2.05) is 37.1 Å². The summed E-state index contributed by atoms with van der Waals surface area (Å²) < 4.78 is 5.81. The molecule has 0 aliphatic carbocycles. The van der Waals surface area contributed by atoms with Gasteiger partial charge < -0.3 is 20.7 Å². The van der Waals surface area contributed by atoms with Crippen LogP contribution >= 0.6 is 15.9 Å². The number of rotatable bonds is 6. The third kappa shape index (κ3) is 4.40. The van der Waals surface area contributed by atoms with Gasteiger partial charge in [-0.05, 0) is 25.1 Å². The number of carbonyl (C=O) groups is 1. The van der Waals surface area contributed by atoms with Gasteiger partial charge in [0.2, 0.25) is 5.91 Å². The highest BCUT2D eigenvalue weighted by atomic mass is 79.9. The Balaban J connectivity index is 2.70. The second-order valence-electron chi connectivity index (χ2n) is 4.27. The number of nitrogens with zero attached hydrogens (tertiary/aromatic N) is 1. The molecule has 0 bridgehead atoms. The van der Waals surface area contributed by atoms with E-state index in [2.05, 4.69) is 21.2 Å². The lowest BCUT2D eigenvalue weighted by Crippen LogP contribution is -2.44. The van der Waals surface area contributed by atoms with Crippen LogP contribution < -0.4 is 16.0 Å². The fourth-order valence-electron chi connectivity index (χ4n) is 1.66. The predicted octanol–water partition coefficient (Wildman–Crippen LogP) is 1.62. The maximum atomic E-state index is 12.0. The van der Waals surface area contributed by atoms with Gasteiger partial charge in [0.25, 0.3) is 0 Å². The molecule has 1 unspecified atom stereocenters. The summed E-state index contributed by atoms with van der Waals surface area (Å²) >= 11 is 3.36. The molecule has 0 saturated heterocycles. The maximum absolute atomic E-state index is 12.0. The van der Waals surface area contributed by atoms with Crippen molar-refractivity contribution in [3.63, 3.8) is 0 Å². The average Bonchev–Trinajstić information content (AvgIpc) is 2.37. The van der Waals surface area contributed by atoms with Gasteiger partial charge in [-0.15, -0.1) is 0 Å². The Morgan fingerprint density at radius 3 is 2.84 bits per heavy atom. The van der Waals surface area contributed by atoms with Crippen LogP contribution in [0.4, 0.5) is 11.4 Å². The molecule has 19 heavy (non-hydrogen) atoms. The highest BCUT2D eigenvalue weighted by Gasteiger charge is 2.19. The molecule has 106 valence electrons. The van der Waals surface area contributed by atoms with Gasteiger partial charge in [0.05, 0.1) is 18.0 Å². The van der Waals surface area contributed by atoms with Crippen LogP contribution in [0.5, 0.6) is 0 Å². The van der Waals surface area contributed by atoms with Gasteiger partial charge in [-0.1, -0.05) is 15.9 Å². The first kappa shape index (κ1) is 15.8. The van der Waals surface area contributed by atoms with Crippen LogP contribution in [0, 0.1) is 0 Å². The zero-order valence-electron chi connectivity index (χ0n) is 11.4. The van der Waals surface area contributed by atoms with E-state index in [0.29, 0.717) is 18.8 Å². The molecule has 0 heterocycles. The van der Waals surface area contributed by atoms with Crippen LogP contribution in [0.1, 0.15) is 6.92 Å². The number of hydrogen-bond donors (Lipinski definition) is 2. The molecule has 0 aromatic heterocycles. The zero-order valence-corrected chi connectivity index (χ0v) is 13.0. The van der Waals surface area contributed by atoms with Crippen LogP contribution in [-0.2, 0) is 9.53 Å². The summed E-state index contributed by atoms with van der Waals surface area (Å²) in [7, 11) is 3.45. The molecule has 0 spiro atoms. The number of amides is 1. The van der Waals surface area contributed by atoms with Gasteiger partial charge in [0, 0.05) is 25.2 Å². The third-order valence-electron chi connectivity index (χ3n) is 2.94. The number of carbonyl (C=O) groups excluding carboxylic acids is 1. The number of nitrogen functional groups attached to an aromatic ring is 1. The smallest absolute Gasteiger partial charge is 0.242 e. The molecule has 0 saturated carbocycles. The highest BCUT2D eigenvalue weighted by molar-refractivity contribution is 9.10. The van der Waals surface area contributed by atoms with Crippen LogP contribution in [-0.4, -0.2) is 39.3 Å². The Labute approximate surface area is 122 Å². The molecule has 1 aromatic carbocycles. The molecule has 1 atom stereocenters. The number of likely N-dealkylation sites (N-methyl/N-ethyl adjacent to an activating group) is 1. The monoisotopic (exact) mass is 329 g/mol. The van der Waals surface area contributed by atoms with Crippen molar-refractivity contribution in [3.05, 3.63) is 22.7 Å². The lowest BCUT2D eigenvalue weighted by Gasteiger charge is -2.27. The van der Waals surface area contributed by atoms with Crippen molar-refractivity contribution < 1.29 is 9.53 Å². The Bertz CT molecular complexity index is 440. The van der Waals surface area contributed by atoms with Crippen molar-refractivity contribution in [1.82, 2.24) is 5.32 Å². The lowest BCUT2D eigenvalue weighted by molar-refractivity contribution is -0.122. The Morgan fingerprint density at radius 2 is 2.26 bits per heavy atom. The minimum absolute atomic E-state index is 0.0538. The van der Waals surface area contributed by atoms with E-state index in [4.69, 9.17) is 10.5 Å². The first-order valence-electron chi connectivity index (χ1n) is 6.02. The van der Waals surface area contributed by atoms with E-state index >= 15 is 0 Å². The standard InChI is InChI=1S/C13H20BrN3O2/c1-9(13(18)16-6-7-19-3)17(2)12-5-4-10(14)8-11(12)15/h4-5,8-9H,6-7,15H2,1-3H3,(H,16,18). The fourth-order valence-corrected chi connectivity index (χ4v) is 2.03. The molecular weight excluding hydrogens is 310 g/mol. The largest absolute Gasteiger partial charge is 0.397 e. The van der Waals surface area contributed by atoms with Gasteiger partial charge in [-0.2, -0.15) is 0 Å². The number of methoxy groups -OCH3 is 1. The van der Waals surface area contributed by atoms with Crippen molar-refractivity contribution in [3.8, 4) is 0 Å². The zero-order chi connectivity index (χ0) is 14.4. The molecule has 5 nitrogen and oxygen atoms in total. The number of ether oxygens (including phenoxy) is 1. The van der Waals surface area contributed by atoms with Crippen LogP contribution in [0.3, 0.4) is 0 Å². The highest BCUT2D eigenvalue weighted by Crippen LogP contribution is 2.27. The molecular formula is C13H20BrN3O2. The van der Waals surface area contributed by atoms with Gasteiger partial charge >= 0.3 is 0 Å². The fraction of sp³-hybridized carbons (Fsp3) is 0.462. The molecule has 6 heteroatoms. The van der Waals surface area contributed by atoms with E-state index in [0.717, 1.165) is 10.2 Å². The molecule has 0 radical (unpaired) electrons. The van der Waals surface area contributed by atoms with Crippen LogP contribution in [0.25, 0.3) is 0 Å². The lowest BCUT2D eigenvalue weighted by atomic mass is 10.2. The predicted molar refractivity (Wildman–Crippen MR) is 81.3 cm³/mol. The van der Waals surface area contributed by atoms with Gasteiger partial charge in [0.15, 0.2) is 0 Å². The first-order valence-corrected chi connectivity index (χ1v) is 6.81. The average molecular weight is 330 g/mol. The number of benzene rings is 1. The maximum Gasteiger partial charge on any atom is 0.242 e. The Kier molecular flexibility index (Phi) is 6.11. The van der Waals surface area contributed by atoms with Crippen LogP contribution in [0.15, 0.2) is 22.7 Å². The van der Waals surface area contributed by atoms with Crippen molar-refractivity contribution in [2.75, 3.05) is 37.9 Å². The van der Waals surface area contributed by atoms with Gasteiger partial charge in [0.1, 0.15) is 6.04 Å². The Morgan fingerprint density at radius 1 is 1.58 bits per heavy atom. The quantitative estimate of drug-likeness (QED) is 0.614. The van der Waals surface area contributed by atoms with E-state index < -0.39 is 0 Å². The summed E-state index contributed by atoms with van der Waals surface area (Å²) in [4.78, 5) is 13.8. The summed E-state index contributed by atoms with van der Waals surface area (Å²) in [5.74, 6) is -0.0538. The third-order valence-corrected chi connectivity index (χ3v) is 3.43. The van der Waals surface area contributed by atoms with E-state index in [1.54, 1.807) is 7.11 Å². The molecule has 0 fully saturated rings. The minimum atomic E-state index is -0.305. The molecule has 1 amide bonds.